The van der Waals surface area contributed by atoms with E-state index in [0.29, 0.717) is 4.47 Å². The Morgan fingerprint density at radius 1 is 0.923 bits per heavy atom. The standard InChI is InChI=1S/C15H10BrF3N4O2S/c16-9-5-7-10(8-6-9)26(24,25)23-22-14-13(15(17,18)19)20-11-3-1-2-4-12(11)21-14/h1-8,23H,(H,21,22). The Kier molecular flexibility index (Phi) is 4.86. The summed E-state index contributed by atoms with van der Waals surface area (Å²) in [7, 11) is -4.11. The van der Waals surface area contributed by atoms with Crippen LogP contribution in [-0.2, 0) is 16.2 Å². The highest BCUT2D eigenvalue weighted by atomic mass is 79.9. The second-order valence-corrected chi connectivity index (χ2v) is 7.69. The molecular formula is C15H10BrF3N4O2S. The maximum atomic E-state index is 13.2. The van der Waals surface area contributed by atoms with Crippen molar-refractivity contribution >= 4 is 42.8 Å². The summed E-state index contributed by atoms with van der Waals surface area (Å²) >= 11 is 3.17. The summed E-state index contributed by atoms with van der Waals surface area (Å²) in [5.74, 6) is -0.739. The first-order valence-electron chi connectivity index (χ1n) is 7.04. The fraction of sp³-hybridized carbons (Fsp3) is 0.0667. The molecule has 3 rings (SSSR count). The average Bonchev–Trinajstić information content (AvgIpc) is 2.59. The van der Waals surface area contributed by atoms with Gasteiger partial charge in [-0.1, -0.05) is 28.1 Å². The van der Waals surface area contributed by atoms with Crippen LogP contribution in [-0.4, -0.2) is 18.4 Å². The van der Waals surface area contributed by atoms with Gasteiger partial charge in [-0.25, -0.2) is 18.4 Å². The van der Waals surface area contributed by atoms with Gasteiger partial charge in [-0.05, 0) is 36.4 Å². The molecule has 0 atom stereocenters. The molecular weight excluding hydrogens is 437 g/mol. The predicted octanol–water partition coefficient (Wildman–Crippen LogP) is 3.72. The Bertz CT molecular complexity index is 1060. The van der Waals surface area contributed by atoms with Gasteiger partial charge >= 0.3 is 6.18 Å². The van der Waals surface area contributed by atoms with E-state index < -0.39 is 27.7 Å². The molecule has 0 aliphatic heterocycles. The highest BCUT2D eigenvalue weighted by molar-refractivity contribution is 9.10. The van der Waals surface area contributed by atoms with Gasteiger partial charge in [0.05, 0.1) is 15.9 Å². The molecule has 0 aliphatic rings. The molecule has 0 spiro atoms. The van der Waals surface area contributed by atoms with E-state index in [4.69, 9.17) is 0 Å². The molecule has 0 radical (unpaired) electrons. The number of nitrogens with one attached hydrogen (secondary N) is 2. The quantitative estimate of drug-likeness (QED) is 0.596. The van der Waals surface area contributed by atoms with Crippen LogP contribution >= 0.6 is 15.9 Å². The van der Waals surface area contributed by atoms with Gasteiger partial charge in [0.25, 0.3) is 10.0 Å². The van der Waals surface area contributed by atoms with Crippen LogP contribution in [0.5, 0.6) is 0 Å². The van der Waals surface area contributed by atoms with E-state index in [0.717, 1.165) is 0 Å². The second kappa shape index (κ2) is 6.82. The predicted molar refractivity (Wildman–Crippen MR) is 92.6 cm³/mol. The molecule has 2 aromatic carbocycles. The van der Waals surface area contributed by atoms with Gasteiger partial charge in [0, 0.05) is 4.47 Å². The number of benzene rings is 2. The number of sulfonamides is 1. The zero-order valence-electron chi connectivity index (χ0n) is 12.7. The number of hydrogen-bond acceptors (Lipinski definition) is 5. The van der Waals surface area contributed by atoms with Crippen LogP contribution < -0.4 is 10.3 Å². The summed E-state index contributed by atoms with van der Waals surface area (Å²) in [6, 6.07) is 11.5. The van der Waals surface area contributed by atoms with Gasteiger partial charge in [-0.15, -0.1) is 4.83 Å². The minimum Gasteiger partial charge on any atom is -0.290 e. The lowest BCUT2D eigenvalue weighted by Gasteiger charge is -2.14. The van der Waals surface area contributed by atoms with Crippen molar-refractivity contribution in [2.24, 2.45) is 0 Å². The first kappa shape index (κ1) is 18.5. The number of para-hydroxylation sites is 2. The summed E-state index contributed by atoms with van der Waals surface area (Å²) in [4.78, 5) is 9.13. The molecule has 6 nitrogen and oxygen atoms in total. The minimum absolute atomic E-state index is 0.0427. The molecule has 1 aromatic heterocycles. The fourth-order valence-electron chi connectivity index (χ4n) is 2.07. The summed E-state index contributed by atoms with van der Waals surface area (Å²) in [6.45, 7) is 0. The first-order chi connectivity index (χ1) is 12.2. The van der Waals surface area contributed by atoms with E-state index in [1.54, 1.807) is 6.07 Å². The molecule has 1 heterocycles. The Balaban J connectivity index is 1.96. The third kappa shape index (κ3) is 3.94. The van der Waals surface area contributed by atoms with Crippen LogP contribution in [0.25, 0.3) is 11.0 Å². The molecule has 26 heavy (non-hydrogen) atoms. The largest absolute Gasteiger partial charge is 0.437 e. The van der Waals surface area contributed by atoms with Crippen molar-refractivity contribution in [1.82, 2.24) is 14.8 Å². The van der Waals surface area contributed by atoms with E-state index in [1.165, 1.54) is 42.5 Å². The summed E-state index contributed by atoms with van der Waals surface area (Å²) in [5.41, 5.74) is 0.926. The van der Waals surface area contributed by atoms with E-state index in [9.17, 15) is 21.6 Å². The number of halogens is 4. The highest BCUT2D eigenvalue weighted by Gasteiger charge is 2.37. The molecule has 0 amide bonds. The number of hydrogen-bond donors (Lipinski definition) is 2. The lowest BCUT2D eigenvalue weighted by atomic mass is 10.3. The number of aromatic nitrogens is 2. The second-order valence-electron chi connectivity index (χ2n) is 5.09. The van der Waals surface area contributed by atoms with Crippen molar-refractivity contribution in [3.63, 3.8) is 0 Å². The summed E-state index contributed by atoms with van der Waals surface area (Å²) in [6.07, 6.45) is -4.82. The van der Waals surface area contributed by atoms with Crippen molar-refractivity contribution in [3.8, 4) is 0 Å². The van der Waals surface area contributed by atoms with Gasteiger partial charge in [0.1, 0.15) is 0 Å². The van der Waals surface area contributed by atoms with E-state index >= 15 is 0 Å². The topological polar surface area (TPSA) is 84.0 Å². The van der Waals surface area contributed by atoms with E-state index in [1.807, 2.05) is 10.3 Å². The van der Waals surface area contributed by atoms with Crippen LogP contribution in [0.3, 0.4) is 0 Å². The molecule has 136 valence electrons. The zero-order chi connectivity index (χ0) is 18.9. The fourth-order valence-corrected chi connectivity index (χ4v) is 3.18. The van der Waals surface area contributed by atoms with Crippen LogP contribution in [0.4, 0.5) is 19.0 Å². The van der Waals surface area contributed by atoms with E-state index in [2.05, 4.69) is 25.9 Å². The molecule has 11 heteroatoms. The Morgan fingerprint density at radius 2 is 1.50 bits per heavy atom. The van der Waals surface area contributed by atoms with E-state index in [-0.39, 0.29) is 15.9 Å². The van der Waals surface area contributed by atoms with Gasteiger partial charge in [-0.3, -0.25) is 5.43 Å². The molecule has 3 aromatic rings. The minimum atomic E-state index is -4.82. The van der Waals surface area contributed by atoms with Gasteiger partial charge in [0.2, 0.25) is 0 Å². The summed E-state index contributed by atoms with van der Waals surface area (Å²) in [5, 5.41) is 0. The van der Waals surface area contributed by atoms with Crippen LogP contribution in [0.2, 0.25) is 0 Å². The van der Waals surface area contributed by atoms with Crippen molar-refractivity contribution < 1.29 is 21.6 Å². The molecule has 0 saturated heterocycles. The lowest BCUT2D eigenvalue weighted by molar-refractivity contribution is -0.140. The smallest absolute Gasteiger partial charge is 0.290 e. The molecule has 0 saturated carbocycles. The number of rotatable bonds is 4. The lowest BCUT2D eigenvalue weighted by Crippen LogP contribution is -2.31. The number of nitrogens with zero attached hydrogens (tertiary/aromatic N) is 2. The average molecular weight is 447 g/mol. The first-order valence-corrected chi connectivity index (χ1v) is 9.32. The Hall–Kier alpha value is -2.24. The monoisotopic (exact) mass is 446 g/mol. The number of alkyl halides is 3. The Labute approximate surface area is 154 Å². The Morgan fingerprint density at radius 3 is 2.08 bits per heavy atom. The number of anilines is 1. The zero-order valence-corrected chi connectivity index (χ0v) is 15.2. The van der Waals surface area contributed by atoms with Crippen molar-refractivity contribution in [3.05, 3.63) is 58.7 Å². The third-order valence-electron chi connectivity index (χ3n) is 3.27. The molecule has 0 bridgehead atoms. The molecule has 0 aliphatic carbocycles. The van der Waals surface area contributed by atoms with Crippen LogP contribution in [0.1, 0.15) is 5.69 Å². The number of hydrazine groups is 1. The molecule has 0 fully saturated rings. The molecule has 0 unspecified atom stereocenters. The highest BCUT2D eigenvalue weighted by Crippen LogP contribution is 2.33. The van der Waals surface area contributed by atoms with Crippen LogP contribution in [0, 0.1) is 0 Å². The normalized spacial score (nSPS) is 12.3. The van der Waals surface area contributed by atoms with Crippen LogP contribution in [0.15, 0.2) is 57.9 Å². The van der Waals surface area contributed by atoms with Gasteiger partial charge in [-0.2, -0.15) is 13.2 Å². The number of fused-ring (bicyclic) bond motifs is 1. The van der Waals surface area contributed by atoms with Crippen molar-refractivity contribution in [2.75, 3.05) is 5.43 Å². The maximum absolute atomic E-state index is 13.2. The molecule has 2 N–H and O–H groups in total. The van der Waals surface area contributed by atoms with Gasteiger partial charge < -0.3 is 0 Å². The third-order valence-corrected chi connectivity index (χ3v) is 5.06. The van der Waals surface area contributed by atoms with Crippen molar-refractivity contribution in [1.29, 1.82) is 0 Å². The maximum Gasteiger partial charge on any atom is 0.437 e. The SMILES string of the molecule is O=S(=O)(NNc1nc2ccccc2nc1C(F)(F)F)c1ccc(Br)cc1. The van der Waals surface area contributed by atoms with Crippen molar-refractivity contribution in [2.45, 2.75) is 11.1 Å². The summed E-state index contributed by atoms with van der Waals surface area (Å²) < 4.78 is 64.8. The van der Waals surface area contributed by atoms with Gasteiger partial charge in [0.15, 0.2) is 11.5 Å².